The number of anilines is 1. The highest BCUT2D eigenvalue weighted by Gasteiger charge is 2.31. The third kappa shape index (κ3) is 5.07. The number of piperidine rings is 1. The molecule has 0 radical (unpaired) electrons. The van der Waals surface area contributed by atoms with Crippen molar-refractivity contribution < 1.29 is 23.2 Å². The average molecular weight is 483 g/mol. The maximum absolute atomic E-state index is 13.1. The van der Waals surface area contributed by atoms with E-state index in [1.165, 1.54) is 13.4 Å². The minimum absolute atomic E-state index is 0.0238. The molecule has 0 aliphatic carbocycles. The van der Waals surface area contributed by atoms with Crippen molar-refractivity contribution in [2.45, 2.75) is 25.3 Å². The third-order valence-electron chi connectivity index (χ3n) is 5.80. The van der Waals surface area contributed by atoms with Crippen LogP contribution in [0.25, 0.3) is 11.7 Å². The van der Waals surface area contributed by atoms with E-state index in [0.717, 1.165) is 0 Å². The van der Waals surface area contributed by atoms with E-state index in [2.05, 4.69) is 16.4 Å². The van der Waals surface area contributed by atoms with Gasteiger partial charge in [0.05, 0.1) is 25.8 Å². The lowest BCUT2D eigenvalue weighted by atomic mass is 9.94. The van der Waals surface area contributed by atoms with Gasteiger partial charge in [-0.15, -0.1) is 0 Å². The number of rotatable bonds is 7. The number of esters is 1. The molecule has 4 rings (SSSR count). The second kappa shape index (κ2) is 10.4. The largest absolute Gasteiger partial charge is 0.469 e. The smallest absolute Gasteiger partial charge is 0.307 e. The Morgan fingerprint density at radius 1 is 1.29 bits per heavy atom. The first-order valence-electron chi connectivity index (χ1n) is 10.8. The first kappa shape index (κ1) is 23.4. The first-order valence-corrected chi connectivity index (χ1v) is 11.2. The quantitative estimate of drug-likeness (QED) is 0.499. The highest BCUT2D eigenvalue weighted by atomic mass is 35.5. The van der Waals surface area contributed by atoms with E-state index in [1.54, 1.807) is 36.4 Å². The fourth-order valence-corrected chi connectivity index (χ4v) is 4.25. The normalized spacial score (nSPS) is 14.9. The Labute approximate surface area is 201 Å². The molecule has 1 amide bonds. The van der Waals surface area contributed by atoms with Crippen LogP contribution in [0.2, 0.25) is 5.02 Å². The minimum atomic E-state index is -0.595. The van der Waals surface area contributed by atoms with E-state index < -0.39 is 12.0 Å². The monoisotopic (exact) mass is 482 g/mol. The van der Waals surface area contributed by atoms with Crippen LogP contribution in [0.3, 0.4) is 0 Å². The number of hydrogen-bond donors (Lipinski definition) is 1. The molecule has 34 heavy (non-hydrogen) atoms. The summed E-state index contributed by atoms with van der Waals surface area (Å²) in [7, 11) is 1.31. The van der Waals surface area contributed by atoms with Gasteiger partial charge in [-0.05, 0) is 36.6 Å². The number of nitrogens with zero attached hydrogens (tertiary/aromatic N) is 3. The zero-order chi connectivity index (χ0) is 24.1. The zero-order valence-corrected chi connectivity index (χ0v) is 19.2. The zero-order valence-electron chi connectivity index (χ0n) is 18.5. The number of benzene rings is 1. The molecule has 1 atom stereocenters. The number of nitriles is 1. The lowest BCUT2D eigenvalue weighted by Gasteiger charge is -2.32. The van der Waals surface area contributed by atoms with Crippen molar-refractivity contribution in [1.29, 1.82) is 5.26 Å². The van der Waals surface area contributed by atoms with Crippen LogP contribution in [0.4, 0.5) is 5.88 Å². The molecule has 1 N–H and O–H groups in total. The van der Waals surface area contributed by atoms with Gasteiger partial charge >= 0.3 is 5.97 Å². The predicted molar refractivity (Wildman–Crippen MR) is 123 cm³/mol. The van der Waals surface area contributed by atoms with E-state index in [1.807, 2.05) is 4.90 Å². The second-order valence-electron chi connectivity index (χ2n) is 7.89. The van der Waals surface area contributed by atoms with Gasteiger partial charge in [-0.2, -0.15) is 10.2 Å². The van der Waals surface area contributed by atoms with Crippen LogP contribution in [0, 0.1) is 17.2 Å². The second-order valence-corrected chi connectivity index (χ2v) is 8.29. The first-order chi connectivity index (χ1) is 16.5. The van der Waals surface area contributed by atoms with Gasteiger partial charge < -0.3 is 23.8 Å². The molecule has 10 heteroatoms. The van der Waals surface area contributed by atoms with Gasteiger partial charge in [0.15, 0.2) is 5.76 Å². The number of methoxy groups -OCH3 is 1. The average Bonchev–Trinajstić information content (AvgIpc) is 3.54. The summed E-state index contributed by atoms with van der Waals surface area (Å²) in [5.74, 6) is 0.170. The summed E-state index contributed by atoms with van der Waals surface area (Å²) >= 11 is 6.31. The van der Waals surface area contributed by atoms with Gasteiger partial charge in [-0.1, -0.05) is 29.8 Å². The van der Waals surface area contributed by atoms with Crippen LogP contribution in [-0.4, -0.2) is 37.1 Å². The number of furan rings is 1. The van der Waals surface area contributed by atoms with Crippen LogP contribution in [0.5, 0.6) is 0 Å². The van der Waals surface area contributed by atoms with Crippen LogP contribution in [-0.2, 0) is 14.3 Å². The topological polar surface area (TPSA) is 122 Å². The van der Waals surface area contributed by atoms with E-state index in [-0.39, 0.29) is 29.8 Å². The summed E-state index contributed by atoms with van der Waals surface area (Å²) in [4.78, 5) is 31.1. The molecule has 3 aromatic rings. The van der Waals surface area contributed by atoms with Gasteiger partial charge in [0.2, 0.25) is 17.5 Å². The van der Waals surface area contributed by atoms with E-state index in [9.17, 15) is 14.9 Å². The lowest BCUT2D eigenvalue weighted by molar-refractivity contribution is -0.141. The summed E-state index contributed by atoms with van der Waals surface area (Å²) in [6.45, 7) is 1.01. The van der Waals surface area contributed by atoms with Crippen LogP contribution in [0.15, 0.2) is 51.5 Å². The van der Waals surface area contributed by atoms with Crippen molar-refractivity contribution in [3.63, 3.8) is 0 Å². The number of nitrogens with one attached hydrogen (secondary N) is 1. The summed E-state index contributed by atoms with van der Waals surface area (Å²) in [6, 6.07) is 12.0. The molecule has 3 heterocycles. The molecule has 1 fully saturated rings. The molecule has 1 aliphatic rings. The molecule has 1 unspecified atom stereocenters. The third-order valence-corrected chi connectivity index (χ3v) is 6.14. The van der Waals surface area contributed by atoms with E-state index in [0.29, 0.717) is 48.2 Å². The maximum Gasteiger partial charge on any atom is 0.307 e. The molecule has 1 aliphatic heterocycles. The molecule has 1 saturated heterocycles. The number of oxazole rings is 1. The SMILES string of the molecule is COC(=O)CC(NC(=O)C1CCN(c2oc(-c3ccco3)nc2C#N)CC1)c1ccccc1Cl. The number of ether oxygens (including phenoxy) is 1. The fourth-order valence-electron chi connectivity index (χ4n) is 3.99. The van der Waals surface area contributed by atoms with E-state index in [4.69, 9.17) is 25.2 Å². The Morgan fingerprint density at radius 3 is 2.71 bits per heavy atom. The summed E-state index contributed by atoms with van der Waals surface area (Å²) in [6.07, 6.45) is 2.57. The molecule has 1 aromatic carbocycles. The van der Waals surface area contributed by atoms with Crippen molar-refractivity contribution in [1.82, 2.24) is 10.3 Å². The van der Waals surface area contributed by atoms with Gasteiger partial charge in [-0.25, -0.2) is 0 Å². The van der Waals surface area contributed by atoms with Gasteiger partial charge in [0.1, 0.15) is 6.07 Å². The van der Waals surface area contributed by atoms with Crippen molar-refractivity contribution >= 4 is 29.4 Å². The van der Waals surface area contributed by atoms with Crippen LogP contribution >= 0.6 is 11.6 Å². The number of amides is 1. The number of carbonyl (C=O) groups excluding carboxylic acids is 2. The Balaban J connectivity index is 1.42. The Morgan fingerprint density at radius 2 is 2.06 bits per heavy atom. The number of carbonyl (C=O) groups is 2. The highest BCUT2D eigenvalue weighted by molar-refractivity contribution is 6.31. The minimum Gasteiger partial charge on any atom is -0.469 e. The van der Waals surface area contributed by atoms with Gasteiger partial charge in [0, 0.05) is 24.0 Å². The van der Waals surface area contributed by atoms with Crippen molar-refractivity contribution in [2.24, 2.45) is 5.92 Å². The standard InChI is InChI=1S/C24H23ClN4O5/c1-32-21(30)13-18(16-5-2-3-6-17(16)25)27-22(31)15-8-10-29(11-9-15)24-19(14-26)28-23(34-24)20-7-4-12-33-20/h2-7,12,15,18H,8-11,13H2,1H3,(H,27,31). The lowest BCUT2D eigenvalue weighted by Crippen LogP contribution is -2.42. The molecule has 2 aromatic heterocycles. The Hall–Kier alpha value is -3.77. The molecule has 0 saturated carbocycles. The Bertz CT molecular complexity index is 1190. The number of halogens is 1. The Kier molecular flexibility index (Phi) is 7.18. The molecule has 0 bridgehead atoms. The van der Waals surface area contributed by atoms with Gasteiger partial charge in [0.25, 0.3) is 5.89 Å². The molecule has 176 valence electrons. The molecular weight excluding hydrogens is 460 g/mol. The fraction of sp³-hybridized carbons (Fsp3) is 0.333. The van der Waals surface area contributed by atoms with Crippen molar-refractivity contribution in [3.05, 3.63) is 58.9 Å². The predicted octanol–water partition coefficient (Wildman–Crippen LogP) is 4.10. The van der Waals surface area contributed by atoms with Crippen LogP contribution in [0.1, 0.15) is 36.6 Å². The van der Waals surface area contributed by atoms with Crippen molar-refractivity contribution in [3.8, 4) is 17.7 Å². The van der Waals surface area contributed by atoms with Crippen molar-refractivity contribution in [2.75, 3.05) is 25.1 Å². The summed E-state index contributed by atoms with van der Waals surface area (Å²) < 4.78 is 15.9. The number of aromatic nitrogens is 1. The number of hydrogen-bond acceptors (Lipinski definition) is 8. The van der Waals surface area contributed by atoms with Gasteiger partial charge in [-0.3, -0.25) is 9.59 Å². The molecule has 9 nitrogen and oxygen atoms in total. The highest BCUT2D eigenvalue weighted by Crippen LogP contribution is 2.32. The summed E-state index contributed by atoms with van der Waals surface area (Å²) in [5, 5.41) is 12.9. The molecule has 0 spiro atoms. The van der Waals surface area contributed by atoms with E-state index >= 15 is 0 Å². The molecular formula is C24H23ClN4O5. The summed E-state index contributed by atoms with van der Waals surface area (Å²) in [5.41, 5.74) is 0.831. The maximum atomic E-state index is 13.1. The van der Waals surface area contributed by atoms with Crippen LogP contribution < -0.4 is 10.2 Å².